The average molecular weight is 284 g/mol. The van der Waals surface area contributed by atoms with Crippen LogP contribution in [0.4, 0.5) is 0 Å². The van der Waals surface area contributed by atoms with Gasteiger partial charge in [-0.1, -0.05) is 0 Å². The molecular formula is C11H10BrNO3. The van der Waals surface area contributed by atoms with Crippen molar-refractivity contribution >= 4 is 21.9 Å². The molecule has 0 aromatic heterocycles. The van der Waals surface area contributed by atoms with Crippen LogP contribution in [-0.2, 0) is 4.74 Å². The van der Waals surface area contributed by atoms with Crippen molar-refractivity contribution in [3.05, 3.63) is 27.7 Å². The van der Waals surface area contributed by atoms with E-state index in [9.17, 15) is 4.79 Å². The Kier molecular flexibility index (Phi) is 4.32. The van der Waals surface area contributed by atoms with Crippen LogP contribution in [0, 0.1) is 11.3 Å². The highest BCUT2D eigenvalue weighted by atomic mass is 79.9. The third-order valence-electron chi connectivity index (χ3n) is 1.91. The smallest absolute Gasteiger partial charge is 0.343 e. The molecule has 0 saturated heterocycles. The fraction of sp³-hybridized carbons (Fsp3) is 0.273. The van der Waals surface area contributed by atoms with Crippen LogP contribution >= 0.6 is 15.9 Å². The highest BCUT2D eigenvalue weighted by molar-refractivity contribution is 9.10. The highest BCUT2D eigenvalue weighted by Crippen LogP contribution is 2.31. The molecule has 1 rings (SSSR count). The minimum Gasteiger partial charge on any atom is -0.495 e. The molecule has 0 N–H and O–H groups in total. The van der Waals surface area contributed by atoms with E-state index in [-0.39, 0.29) is 17.7 Å². The molecule has 4 nitrogen and oxygen atoms in total. The fourth-order valence-electron chi connectivity index (χ4n) is 1.26. The maximum absolute atomic E-state index is 11.7. The zero-order valence-corrected chi connectivity index (χ0v) is 10.5. The average Bonchev–Trinajstić information content (AvgIpc) is 2.28. The number of benzene rings is 1. The van der Waals surface area contributed by atoms with Crippen molar-refractivity contribution in [2.45, 2.75) is 6.92 Å². The summed E-state index contributed by atoms with van der Waals surface area (Å²) in [5, 5.41) is 8.92. The van der Waals surface area contributed by atoms with Crippen LogP contribution in [0.5, 0.6) is 5.75 Å². The monoisotopic (exact) mass is 283 g/mol. The van der Waals surface area contributed by atoms with Crippen molar-refractivity contribution < 1.29 is 14.3 Å². The molecule has 0 aliphatic carbocycles. The maximum Gasteiger partial charge on any atom is 0.343 e. The number of methoxy groups -OCH3 is 1. The van der Waals surface area contributed by atoms with Gasteiger partial charge in [0, 0.05) is 0 Å². The van der Waals surface area contributed by atoms with Gasteiger partial charge in [-0.3, -0.25) is 0 Å². The highest BCUT2D eigenvalue weighted by Gasteiger charge is 2.20. The molecule has 84 valence electrons. The van der Waals surface area contributed by atoms with Crippen molar-refractivity contribution in [1.82, 2.24) is 0 Å². The van der Waals surface area contributed by atoms with Gasteiger partial charge < -0.3 is 9.47 Å². The summed E-state index contributed by atoms with van der Waals surface area (Å²) in [7, 11) is 1.43. The van der Waals surface area contributed by atoms with E-state index < -0.39 is 5.97 Å². The van der Waals surface area contributed by atoms with Gasteiger partial charge in [0.2, 0.25) is 0 Å². The number of nitriles is 1. The van der Waals surface area contributed by atoms with E-state index >= 15 is 0 Å². The standard InChI is InChI=1S/C11H10BrNO3/c1-3-16-11(14)9-7(6-13)4-5-8(12)10(9)15-2/h4-5H,3H2,1-2H3. The quantitative estimate of drug-likeness (QED) is 0.800. The van der Waals surface area contributed by atoms with Gasteiger partial charge in [0.25, 0.3) is 0 Å². The van der Waals surface area contributed by atoms with Crippen LogP contribution in [0.3, 0.4) is 0 Å². The fourth-order valence-corrected chi connectivity index (χ4v) is 1.75. The number of hydrogen-bond donors (Lipinski definition) is 0. The molecule has 0 saturated carbocycles. The molecule has 0 aliphatic rings. The Morgan fingerprint density at radius 2 is 2.25 bits per heavy atom. The van der Waals surface area contributed by atoms with E-state index in [2.05, 4.69) is 15.9 Å². The number of rotatable bonds is 3. The zero-order chi connectivity index (χ0) is 12.1. The van der Waals surface area contributed by atoms with E-state index in [0.29, 0.717) is 10.2 Å². The van der Waals surface area contributed by atoms with Crippen molar-refractivity contribution in [3.8, 4) is 11.8 Å². The minimum absolute atomic E-state index is 0.154. The lowest BCUT2D eigenvalue weighted by Crippen LogP contribution is -2.09. The molecule has 1 aromatic rings. The SMILES string of the molecule is CCOC(=O)c1c(C#N)ccc(Br)c1OC. The molecular weight excluding hydrogens is 274 g/mol. The predicted octanol–water partition coefficient (Wildman–Crippen LogP) is 2.51. The number of carbonyl (C=O) groups excluding carboxylic acids is 1. The largest absolute Gasteiger partial charge is 0.495 e. The summed E-state index contributed by atoms with van der Waals surface area (Å²) in [4.78, 5) is 11.7. The van der Waals surface area contributed by atoms with Gasteiger partial charge in [-0.2, -0.15) is 5.26 Å². The van der Waals surface area contributed by atoms with Crippen molar-refractivity contribution in [2.24, 2.45) is 0 Å². The molecule has 0 radical (unpaired) electrons. The molecule has 0 bridgehead atoms. The molecule has 5 heteroatoms. The van der Waals surface area contributed by atoms with E-state index in [4.69, 9.17) is 14.7 Å². The van der Waals surface area contributed by atoms with Gasteiger partial charge in [0.15, 0.2) is 0 Å². The summed E-state index contributed by atoms with van der Waals surface area (Å²) >= 11 is 3.25. The molecule has 1 aromatic carbocycles. The van der Waals surface area contributed by atoms with Crippen molar-refractivity contribution in [2.75, 3.05) is 13.7 Å². The Bertz CT molecular complexity index is 451. The van der Waals surface area contributed by atoms with Crippen LogP contribution in [0.25, 0.3) is 0 Å². The predicted molar refractivity (Wildman–Crippen MR) is 61.4 cm³/mol. The zero-order valence-electron chi connectivity index (χ0n) is 8.91. The third kappa shape index (κ3) is 2.34. The second-order valence-corrected chi connectivity index (χ2v) is 3.69. The summed E-state index contributed by atoms with van der Waals surface area (Å²) in [5.74, 6) is -0.241. The number of carbonyl (C=O) groups is 1. The van der Waals surface area contributed by atoms with Gasteiger partial charge in [-0.25, -0.2) is 4.79 Å². The number of esters is 1. The second kappa shape index (κ2) is 5.52. The van der Waals surface area contributed by atoms with Gasteiger partial charge in [-0.15, -0.1) is 0 Å². The Balaban J connectivity index is 3.37. The maximum atomic E-state index is 11.7. The summed E-state index contributed by atoms with van der Waals surface area (Å²) < 4.78 is 10.6. The first-order valence-electron chi connectivity index (χ1n) is 4.59. The van der Waals surface area contributed by atoms with Gasteiger partial charge in [-0.05, 0) is 35.0 Å². The molecule has 0 amide bonds. The van der Waals surface area contributed by atoms with Crippen LogP contribution < -0.4 is 4.74 Å². The normalized spacial score (nSPS) is 9.38. The van der Waals surface area contributed by atoms with Crippen LogP contribution in [-0.4, -0.2) is 19.7 Å². The molecule has 0 aliphatic heterocycles. The lowest BCUT2D eigenvalue weighted by molar-refractivity contribution is 0.0522. The molecule has 0 unspecified atom stereocenters. The number of ether oxygens (including phenoxy) is 2. The summed E-state index contributed by atoms with van der Waals surface area (Å²) in [6, 6.07) is 5.13. The van der Waals surface area contributed by atoms with Crippen LogP contribution in [0.1, 0.15) is 22.8 Å². The van der Waals surface area contributed by atoms with E-state index in [0.717, 1.165) is 0 Å². The molecule has 0 fully saturated rings. The minimum atomic E-state index is -0.558. The third-order valence-corrected chi connectivity index (χ3v) is 2.54. The van der Waals surface area contributed by atoms with Crippen molar-refractivity contribution in [3.63, 3.8) is 0 Å². The van der Waals surface area contributed by atoms with Gasteiger partial charge >= 0.3 is 5.97 Å². The number of hydrogen-bond acceptors (Lipinski definition) is 4. The van der Waals surface area contributed by atoms with E-state index in [1.165, 1.54) is 7.11 Å². The Labute approximate surface area is 102 Å². The summed E-state index contributed by atoms with van der Waals surface area (Å²) in [6.45, 7) is 1.95. The Morgan fingerprint density at radius 3 is 2.75 bits per heavy atom. The molecule has 0 atom stereocenters. The van der Waals surface area contributed by atoms with E-state index in [1.54, 1.807) is 19.1 Å². The van der Waals surface area contributed by atoms with Crippen LogP contribution in [0.15, 0.2) is 16.6 Å². The number of halogens is 1. The van der Waals surface area contributed by atoms with Gasteiger partial charge in [0.1, 0.15) is 17.4 Å². The molecule has 0 spiro atoms. The van der Waals surface area contributed by atoms with Crippen molar-refractivity contribution in [1.29, 1.82) is 5.26 Å². The Hall–Kier alpha value is -1.54. The van der Waals surface area contributed by atoms with Crippen LogP contribution in [0.2, 0.25) is 0 Å². The molecule has 0 heterocycles. The summed E-state index contributed by atoms with van der Waals surface area (Å²) in [5.41, 5.74) is 0.389. The Morgan fingerprint density at radius 1 is 1.56 bits per heavy atom. The first kappa shape index (κ1) is 12.5. The topological polar surface area (TPSA) is 59.3 Å². The first-order valence-corrected chi connectivity index (χ1v) is 5.38. The van der Waals surface area contributed by atoms with Gasteiger partial charge in [0.05, 0.1) is 23.8 Å². The molecule has 16 heavy (non-hydrogen) atoms. The number of nitrogens with zero attached hydrogens (tertiary/aromatic N) is 1. The lowest BCUT2D eigenvalue weighted by atomic mass is 10.1. The lowest BCUT2D eigenvalue weighted by Gasteiger charge is -2.10. The second-order valence-electron chi connectivity index (χ2n) is 2.84. The van der Waals surface area contributed by atoms with E-state index in [1.807, 2.05) is 6.07 Å². The summed E-state index contributed by atoms with van der Waals surface area (Å²) in [6.07, 6.45) is 0. The first-order chi connectivity index (χ1) is 7.65.